The van der Waals surface area contributed by atoms with E-state index in [1.54, 1.807) is 6.07 Å². The van der Waals surface area contributed by atoms with Gasteiger partial charge in [-0.1, -0.05) is 15.9 Å². The molecule has 0 atom stereocenters. The highest BCUT2D eigenvalue weighted by Gasteiger charge is 2.17. The molecule has 4 nitrogen and oxygen atoms in total. The van der Waals surface area contributed by atoms with E-state index in [1.807, 2.05) is 0 Å². The average Bonchev–Trinajstić information content (AvgIpc) is 2.41. The molecule has 0 unspecified atom stereocenters. The van der Waals surface area contributed by atoms with Crippen molar-refractivity contribution in [3.63, 3.8) is 0 Å². The molecule has 1 aromatic heterocycles. The lowest BCUT2D eigenvalue weighted by Crippen LogP contribution is -2.24. The number of H-pyrrole nitrogens is 1. The van der Waals surface area contributed by atoms with Crippen molar-refractivity contribution in [2.24, 2.45) is 0 Å². The van der Waals surface area contributed by atoms with Crippen molar-refractivity contribution >= 4 is 21.7 Å². The highest BCUT2D eigenvalue weighted by atomic mass is 79.9. The fourth-order valence-electron chi connectivity index (χ4n) is 2.15. The fourth-order valence-corrected chi connectivity index (χ4v) is 2.59. The third-order valence-electron chi connectivity index (χ3n) is 3.10. The summed E-state index contributed by atoms with van der Waals surface area (Å²) in [6.45, 7) is 0.799. The van der Waals surface area contributed by atoms with Crippen LogP contribution in [0.1, 0.15) is 12.0 Å². The van der Waals surface area contributed by atoms with Crippen LogP contribution in [0.15, 0.2) is 27.5 Å². The monoisotopic (exact) mass is 323 g/mol. The Bertz CT molecular complexity index is 699. The van der Waals surface area contributed by atoms with Gasteiger partial charge < -0.3 is 10.3 Å². The van der Waals surface area contributed by atoms with Crippen molar-refractivity contribution in [3.8, 4) is 11.4 Å². The van der Waals surface area contributed by atoms with Crippen LogP contribution in [0.5, 0.6) is 0 Å². The van der Waals surface area contributed by atoms with E-state index in [4.69, 9.17) is 0 Å². The minimum atomic E-state index is -0.369. The summed E-state index contributed by atoms with van der Waals surface area (Å²) in [5, 5.41) is 3.11. The van der Waals surface area contributed by atoms with E-state index in [2.05, 4.69) is 31.2 Å². The number of halogens is 2. The largest absolute Gasteiger partial charge is 0.370 e. The van der Waals surface area contributed by atoms with Gasteiger partial charge in [0.25, 0.3) is 5.56 Å². The van der Waals surface area contributed by atoms with E-state index in [-0.39, 0.29) is 11.4 Å². The summed E-state index contributed by atoms with van der Waals surface area (Å²) in [5.41, 5.74) is 1.04. The number of nitrogens with zero attached hydrogens (tertiary/aromatic N) is 1. The maximum absolute atomic E-state index is 13.3. The van der Waals surface area contributed by atoms with Crippen LogP contribution in [0.3, 0.4) is 0 Å². The van der Waals surface area contributed by atoms with Crippen molar-refractivity contribution in [2.75, 3.05) is 11.9 Å². The fraction of sp³-hybridized carbons (Fsp3) is 0.231. The molecule has 0 saturated carbocycles. The first-order valence-electron chi connectivity index (χ1n) is 5.97. The van der Waals surface area contributed by atoms with Crippen molar-refractivity contribution in [3.05, 3.63) is 44.4 Å². The summed E-state index contributed by atoms with van der Waals surface area (Å²) in [6, 6.07) is 4.29. The molecule has 2 heterocycles. The van der Waals surface area contributed by atoms with Crippen LogP contribution in [0, 0.1) is 5.82 Å². The Balaban J connectivity index is 2.18. The Labute approximate surface area is 117 Å². The molecule has 2 aromatic rings. The van der Waals surface area contributed by atoms with Gasteiger partial charge in [-0.3, -0.25) is 4.79 Å². The topological polar surface area (TPSA) is 57.8 Å². The van der Waals surface area contributed by atoms with E-state index in [9.17, 15) is 9.18 Å². The lowest BCUT2D eigenvalue weighted by Gasteiger charge is -2.16. The number of aromatic amines is 1. The van der Waals surface area contributed by atoms with Gasteiger partial charge in [-0.05, 0) is 31.0 Å². The third kappa shape index (κ3) is 2.28. The zero-order valence-electron chi connectivity index (χ0n) is 9.96. The van der Waals surface area contributed by atoms with Crippen molar-refractivity contribution in [2.45, 2.75) is 12.8 Å². The standard InChI is InChI=1S/C13H11BrFN3O/c14-10-4-3-7(15)6-9(10)12-17-11-8(13(19)18-12)2-1-5-16-11/h3-4,6H,1-2,5H2,(H2,16,17,18,19). The molecule has 1 aromatic carbocycles. The summed E-state index contributed by atoms with van der Waals surface area (Å²) >= 11 is 3.34. The van der Waals surface area contributed by atoms with E-state index >= 15 is 0 Å². The van der Waals surface area contributed by atoms with E-state index in [0.29, 0.717) is 27.2 Å². The molecule has 1 aliphatic heterocycles. The lowest BCUT2D eigenvalue weighted by atomic mass is 10.1. The van der Waals surface area contributed by atoms with Crippen molar-refractivity contribution in [1.82, 2.24) is 9.97 Å². The summed E-state index contributed by atoms with van der Waals surface area (Å²) in [5.74, 6) is 0.595. The third-order valence-corrected chi connectivity index (χ3v) is 3.79. The molecule has 2 N–H and O–H groups in total. The molecule has 0 amide bonds. The van der Waals surface area contributed by atoms with Crippen LogP contribution in [0.2, 0.25) is 0 Å². The van der Waals surface area contributed by atoms with Crippen molar-refractivity contribution < 1.29 is 4.39 Å². The second-order valence-corrected chi connectivity index (χ2v) is 5.25. The molecule has 3 rings (SSSR count). The van der Waals surface area contributed by atoms with Gasteiger partial charge in [0, 0.05) is 16.6 Å². The number of benzene rings is 1. The Hall–Kier alpha value is -1.69. The number of anilines is 1. The SMILES string of the molecule is O=c1[nH]c(-c2cc(F)ccc2Br)nc2c1CCCN2. The highest BCUT2D eigenvalue weighted by Crippen LogP contribution is 2.27. The summed E-state index contributed by atoms with van der Waals surface area (Å²) < 4.78 is 14.0. The number of fused-ring (bicyclic) bond motifs is 1. The Morgan fingerprint density at radius 2 is 2.21 bits per heavy atom. The van der Waals surface area contributed by atoms with E-state index < -0.39 is 0 Å². The second kappa shape index (κ2) is 4.77. The van der Waals surface area contributed by atoms with Gasteiger partial charge in [0.15, 0.2) is 0 Å². The molecule has 0 fully saturated rings. The number of rotatable bonds is 1. The summed E-state index contributed by atoms with van der Waals surface area (Å²) in [6.07, 6.45) is 1.63. The molecule has 0 aliphatic carbocycles. The predicted octanol–water partition coefficient (Wildman–Crippen LogP) is 2.70. The van der Waals surface area contributed by atoms with Crippen molar-refractivity contribution in [1.29, 1.82) is 0 Å². The van der Waals surface area contributed by atoms with Gasteiger partial charge >= 0.3 is 0 Å². The Morgan fingerprint density at radius 1 is 1.37 bits per heavy atom. The van der Waals surface area contributed by atoms with Gasteiger partial charge in [-0.25, -0.2) is 9.37 Å². The second-order valence-electron chi connectivity index (χ2n) is 4.40. The zero-order chi connectivity index (χ0) is 13.4. The van der Waals surface area contributed by atoms with Gasteiger partial charge in [0.05, 0.1) is 5.56 Å². The molecule has 19 heavy (non-hydrogen) atoms. The molecule has 1 aliphatic rings. The maximum Gasteiger partial charge on any atom is 0.256 e. The molecule has 0 radical (unpaired) electrons. The summed E-state index contributed by atoms with van der Waals surface area (Å²) in [4.78, 5) is 19.1. The molecular weight excluding hydrogens is 313 g/mol. The van der Waals surface area contributed by atoms with Crippen LogP contribution in [0.25, 0.3) is 11.4 Å². The first-order chi connectivity index (χ1) is 9.15. The molecule has 0 spiro atoms. The van der Waals surface area contributed by atoms with Crippen LogP contribution >= 0.6 is 15.9 Å². The first kappa shape index (κ1) is 12.3. The predicted molar refractivity (Wildman–Crippen MR) is 74.8 cm³/mol. The first-order valence-corrected chi connectivity index (χ1v) is 6.77. The van der Waals surface area contributed by atoms with Gasteiger partial charge in [0.2, 0.25) is 0 Å². The highest BCUT2D eigenvalue weighted by molar-refractivity contribution is 9.10. The lowest BCUT2D eigenvalue weighted by molar-refractivity contribution is 0.628. The van der Waals surface area contributed by atoms with Crippen LogP contribution in [0.4, 0.5) is 10.2 Å². The molecule has 0 saturated heterocycles. The van der Waals surface area contributed by atoms with E-state index in [0.717, 1.165) is 19.4 Å². The quantitative estimate of drug-likeness (QED) is 0.848. The number of hydrogen-bond donors (Lipinski definition) is 2. The number of nitrogens with one attached hydrogen (secondary N) is 2. The van der Waals surface area contributed by atoms with Gasteiger partial charge in [-0.15, -0.1) is 0 Å². The van der Waals surface area contributed by atoms with E-state index in [1.165, 1.54) is 12.1 Å². The smallest absolute Gasteiger partial charge is 0.256 e. The Kier molecular flexibility index (Phi) is 3.10. The number of aromatic nitrogens is 2. The minimum absolute atomic E-state index is 0.164. The molecule has 6 heteroatoms. The normalized spacial score (nSPS) is 13.8. The molecule has 0 bridgehead atoms. The molecular formula is C13H11BrFN3O. The van der Waals surface area contributed by atoms with Crippen LogP contribution in [-0.2, 0) is 6.42 Å². The molecule has 98 valence electrons. The van der Waals surface area contributed by atoms with Crippen LogP contribution in [-0.4, -0.2) is 16.5 Å². The van der Waals surface area contributed by atoms with Crippen LogP contribution < -0.4 is 10.9 Å². The van der Waals surface area contributed by atoms with Gasteiger partial charge in [0.1, 0.15) is 17.5 Å². The Morgan fingerprint density at radius 3 is 3.05 bits per heavy atom. The number of hydrogen-bond acceptors (Lipinski definition) is 3. The minimum Gasteiger partial charge on any atom is -0.370 e. The maximum atomic E-state index is 13.3. The van der Waals surface area contributed by atoms with Gasteiger partial charge in [-0.2, -0.15) is 0 Å². The zero-order valence-corrected chi connectivity index (χ0v) is 11.6. The summed E-state index contributed by atoms with van der Waals surface area (Å²) in [7, 11) is 0. The average molecular weight is 324 g/mol.